The maximum atomic E-state index is 5.26. The fourth-order valence-electron chi connectivity index (χ4n) is 1.19. The van der Waals surface area contributed by atoms with Crippen molar-refractivity contribution in [2.75, 3.05) is 0 Å². The lowest BCUT2D eigenvalue weighted by Gasteiger charge is -1.94. The number of aromatic nitrogens is 3. The first-order valence-electron chi connectivity index (χ1n) is 4.25. The summed E-state index contributed by atoms with van der Waals surface area (Å²) in [6.07, 6.45) is 5.26. The highest BCUT2D eigenvalue weighted by Crippen LogP contribution is 2.14. The summed E-state index contributed by atoms with van der Waals surface area (Å²) >= 11 is 0. The molecule has 2 aromatic rings. The topological polar surface area (TPSA) is 41.6 Å². The summed E-state index contributed by atoms with van der Waals surface area (Å²) in [5.74, 6) is 4.07. The Balaban J connectivity index is 2.39. The molecule has 0 radical (unpaired) electrons. The molecule has 3 heteroatoms. The second-order valence-electron chi connectivity index (χ2n) is 2.97. The molecule has 0 aliphatic heterocycles. The van der Waals surface area contributed by atoms with Gasteiger partial charge in [0.05, 0.1) is 0 Å². The van der Waals surface area contributed by atoms with E-state index in [1.807, 2.05) is 31.2 Å². The van der Waals surface area contributed by atoms with E-state index in [1.54, 1.807) is 0 Å². The number of aryl methyl sites for hydroxylation is 1. The maximum Gasteiger partial charge on any atom is 0.181 e. The normalized spacial score (nSPS) is 9.71. The lowest BCUT2D eigenvalue weighted by molar-refractivity contribution is 1.04. The monoisotopic (exact) mass is 183 g/mol. The molecule has 3 nitrogen and oxygen atoms in total. The van der Waals surface area contributed by atoms with Crippen molar-refractivity contribution in [1.82, 2.24) is 15.2 Å². The molecular weight excluding hydrogens is 174 g/mol. The average molecular weight is 183 g/mol. The molecule has 0 saturated heterocycles. The Morgan fingerprint density at radius 1 is 1.29 bits per heavy atom. The predicted molar refractivity (Wildman–Crippen MR) is 54.5 cm³/mol. The second kappa shape index (κ2) is 3.35. The van der Waals surface area contributed by atoms with E-state index in [4.69, 9.17) is 6.42 Å². The number of benzene rings is 1. The molecule has 0 bridgehead atoms. The van der Waals surface area contributed by atoms with E-state index in [0.29, 0.717) is 5.82 Å². The molecule has 0 saturated carbocycles. The molecule has 0 spiro atoms. The van der Waals surface area contributed by atoms with Gasteiger partial charge in [0.2, 0.25) is 0 Å². The molecule has 0 unspecified atom stereocenters. The van der Waals surface area contributed by atoms with Gasteiger partial charge in [-0.1, -0.05) is 5.92 Å². The summed E-state index contributed by atoms with van der Waals surface area (Å²) in [5, 5.41) is 6.85. The van der Waals surface area contributed by atoms with Crippen molar-refractivity contribution in [1.29, 1.82) is 0 Å². The van der Waals surface area contributed by atoms with Gasteiger partial charge in [-0.2, -0.15) is 5.10 Å². The van der Waals surface area contributed by atoms with Gasteiger partial charge in [0.1, 0.15) is 5.82 Å². The molecular formula is C11H9N3. The van der Waals surface area contributed by atoms with Crippen molar-refractivity contribution in [2.24, 2.45) is 0 Å². The first-order valence-corrected chi connectivity index (χ1v) is 4.25. The number of H-pyrrole nitrogens is 1. The summed E-state index contributed by atoms with van der Waals surface area (Å²) in [7, 11) is 0. The fraction of sp³-hybridized carbons (Fsp3) is 0.0909. The molecule has 14 heavy (non-hydrogen) atoms. The standard InChI is InChI=1S/C11H9N3/c1-3-9-4-6-10(7-5-9)11-12-8(2)13-14-11/h1,4-7H,2H3,(H,12,13,14). The van der Waals surface area contributed by atoms with Crippen LogP contribution in [0.1, 0.15) is 11.4 Å². The van der Waals surface area contributed by atoms with E-state index >= 15 is 0 Å². The van der Waals surface area contributed by atoms with Crippen LogP contribution in [0.3, 0.4) is 0 Å². The second-order valence-corrected chi connectivity index (χ2v) is 2.97. The van der Waals surface area contributed by atoms with E-state index < -0.39 is 0 Å². The van der Waals surface area contributed by atoms with Crippen molar-refractivity contribution in [3.63, 3.8) is 0 Å². The third-order valence-corrected chi connectivity index (χ3v) is 1.91. The van der Waals surface area contributed by atoms with Crippen molar-refractivity contribution in [2.45, 2.75) is 6.92 Å². The van der Waals surface area contributed by atoms with Gasteiger partial charge in [-0.25, -0.2) is 4.98 Å². The van der Waals surface area contributed by atoms with Crippen molar-refractivity contribution >= 4 is 0 Å². The van der Waals surface area contributed by atoms with E-state index in [0.717, 1.165) is 17.0 Å². The van der Waals surface area contributed by atoms with Gasteiger partial charge in [-0.05, 0) is 31.2 Å². The van der Waals surface area contributed by atoms with Crippen LogP contribution >= 0.6 is 0 Å². The van der Waals surface area contributed by atoms with Gasteiger partial charge in [0.25, 0.3) is 0 Å². The summed E-state index contributed by atoms with van der Waals surface area (Å²) in [6, 6.07) is 7.58. The van der Waals surface area contributed by atoms with Crippen LogP contribution in [0.5, 0.6) is 0 Å². The zero-order valence-corrected chi connectivity index (χ0v) is 7.78. The Morgan fingerprint density at radius 3 is 2.50 bits per heavy atom. The maximum absolute atomic E-state index is 5.26. The van der Waals surface area contributed by atoms with Crippen LogP contribution in [0.25, 0.3) is 11.4 Å². The first kappa shape index (κ1) is 8.52. The van der Waals surface area contributed by atoms with Crippen LogP contribution < -0.4 is 0 Å². The summed E-state index contributed by atoms with van der Waals surface area (Å²) < 4.78 is 0. The Morgan fingerprint density at radius 2 is 2.00 bits per heavy atom. The SMILES string of the molecule is C#Cc1ccc(-c2n[nH]c(C)n2)cc1. The van der Waals surface area contributed by atoms with Crippen LogP contribution in [0.2, 0.25) is 0 Å². The van der Waals surface area contributed by atoms with E-state index in [-0.39, 0.29) is 0 Å². The Bertz CT molecular complexity index is 474. The van der Waals surface area contributed by atoms with Crippen LogP contribution in [0, 0.1) is 19.3 Å². The molecule has 1 aromatic carbocycles. The van der Waals surface area contributed by atoms with E-state index in [9.17, 15) is 0 Å². The molecule has 0 aliphatic carbocycles. The molecule has 68 valence electrons. The minimum Gasteiger partial charge on any atom is -0.263 e. The molecule has 2 rings (SSSR count). The quantitative estimate of drug-likeness (QED) is 0.684. The zero-order chi connectivity index (χ0) is 9.97. The summed E-state index contributed by atoms with van der Waals surface area (Å²) in [5.41, 5.74) is 1.83. The smallest absolute Gasteiger partial charge is 0.181 e. The molecule has 0 aliphatic rings. The van der Waals surface area contributed by atoms with Crippen molar-refractivity contribution in [3.8, 4) is 23.7 Å². The average Bonchev–Trinajstić information content (AvgIpc) is 2.65. The molecule has 1 N–H and O–H groups in total. The fourth-order valence-corrected chi connectivity index (χ4v) is 1.19. The largest absolute Gasteiger partial charge is 0.263 e. The van der Waals surface area contributed by atoms with Gasteiger partial charge < -0.3 is 0 Å². The lowest BCUT2D eigenvalue weighted by Crippen LogP contribution is -1.81. The number of rotatable bonds is 1. The van der Waals surface area contributed by atoms with Gasteiger partial charge >= 0.3 is 0 Å². The number of terminal acetylenes is 1. The van der Waals surface area contributed by atoms with Crippen LogP contribution in [-0.4, -0.2) is 15.2 Å². The first-order chi connectivity index (χ1) is 6.79. The third kappa shape index (κ3) is 1.50. The number of nitrogens with zero attached hydrogens (tertiary/aromatic N) is 2. The Hall–Kier alpha value is -2.08. The minimum atomic E-state index is 0.700. The number of hydrogen-bond acceptors (Lipinski definition) is 2. The summed E-state index contributed by atoms with van der Waals surface area (Å²) in [6.45, 7) is 1.87. The Labute approximate surface area is 82.2 Å². The van der Waals surface area contributed by atoms with Crippen molar-refractivity contribution in [3.05, 3.63) is 35.7 Å². The third-order valence-electron chi connectivity index (χ3n) is 1.91. The highest BCUT2D eigenvalue weighted by atomic mass is 15.2. The molecule has 0 fully saturated rings. The highest BCUT2D eigenvalue weighted by Gasteiger charge is 2.02. The number of nitrogens with one attached hydrogen (secondary N) is 1. The number of aromatic amines is 1. The molecule has 0 atom stereocenters. The minimum absolute atomic E-state index is 0.700. The van der Waals surface area contributed by atoms with Gasteiger partial charge in [0.15, 0.2) is 5.82 Å². The lowest BCUT2D eigenvalue weighted by atomic mass is 10.1. The van der Waals surface area contributed by atoms with Crippen molar-refractivity contribution < 1.29 is 0 Å². The van der Waals surface area contributed by atoms with Gasteiger partial charge in [-0.15, -0.1) is 6.42 Å². The molecule has 0 amide bonds. The van der Waals surface area contributed by atoms with E-state index in [1.165, 1.54) is 0 Å². The molecule has 1 aromatic heterocycles. The highest BCUT2D eigenvalue weighted by molar-refractivity contribution is 5.56. The summed E-state index contributed by atoms with van der Waals surface area (Å²) in [4.78, 5) is 4.22. The van der Waals surface area contributed by atoms with Gasteiger partial charge in [-0.3, -0.25) is 5.10 Å². The predicted octanol–water partition coefficient (Wildman–Crippen LogP) is 1.76. The van der Waals surface area contributed by atoms with Crippen LogP contribution in [-0.2, 0) is 0 Å². The number of hydrogen-bond donors (Lipinski definition) is 1. The van der Waals surface area contributed by atoms with E-state index in [2.05, 4.69) is 21.1 Å². The van der Waals surface area contributed by atoms with Crippen LogP contribution in [0.4, 0.5) is 0 Å². The zero-order valence-electron chi connectivity index (χ0n) is 7.78. The van der Waals surface area contributed by atoms with Crippen LogP contribution in [0.15, 0.2) is 24.3 Å². The van der Waals surface area contributed by atoms with Gasteiger partial charge in [0, 0.05) is 11.1 Å². The Kier molecular flexibility index (Phi) is 2.04. The molecule has 1 heterocycles.